The Morgan fingerprint density at radius 2 is 1.95 bits per heavy atom. The summed E-state index contributed by atoms with van der Waals surface area (Å²) in [5.41, 5.74) is 7.07. The summed E-state index contributed by atoms with van der Waals surface area (Å²) < 4.78 is 2.13. The fraction of sp³-hybridized carbons (Fsp3) is 0.438. The average molecular weight is 272 g/mol. The number of hydrogen-bond acceptors (Lipinski definition) is 3. The molecule has 108 valence electrons. The van der Waals surface area contributed by atoms with Gasteiger partial charge in [-0.3, -0.25) is 4.90 Å². The van der Waals surface area contributed by atoms with Gasteiger partial charge in [0.1, 0.15) is 5.82 Å². The van der Waals surface area contributed by atoms with E-state index >= 15 is 0 Å². The Bertz CT molecular complexity index is 530. The normalized spacial score (nSPS) is 12.1. The minimum atomic E-state index is 0.124. The van der Waals surface area contributed by atoms with Gasteiger partial charge in [0.2, 0.25) is 0 Å². The molecule has 1 heterocycles. The molecular formula is C16H24N4. The van der Waals surface area contributed by atoms with Crippen molar-refractivity contribution in [3.05, 3.63) is 48.5 Å². The van der Waals surface area contributed by atoms with E-state index in [0.29, 0.717) is 6.54 Å². The topological polar surface area (TPSA) is 47.1 Å². The molecule has 0 aliphatic carbocycles. The van der Waals surface area contributed by atoms with Crippen LogP contribution >= 0.6 is 0 Å². The molecule has 0 bridgehead atoms. The van der Waals surface area contributed by atoms with Crippen molar-refractivity contribution in [3.63, 3.8) is 0 Å². The van der Waals surface area contributed by atoms with Gasteiger partial charge in [-0.25, -0.2) is 4.98 Å². The number of aromatic nitrogens is 2. The highest BCUT2D eigenvalue weighted by Gasteiger charge is 2.19. The van der Waals surface area contributed by atoms with Crippen LogP contribution in [0, 0.1) is 5.41 Å². The van der Waals surface area contributed by atoms with E-state index in [1.165, 1.54) is 0 Å². The van der Waals surface area contributed by atoms with Crippen LogP contribution in [-0.2, 0) is 6.54 Å². The molecule has 0 saturated carbocycles. The minimum absolute atomic E-state index is 0.124. The maximum atomic E-state index is 5.80. The molecule has 2 N–H and O–H groups in total. The summed E-state index contributed by atoms with van der Waals surface area (Å²) in [6.07, 6.45) is 3.86. The predicted molar refractivity (Wildman–Crippen MR) is 82.7 cm³/mol. The lowest BCUT2D eigenvalue weighted by Crippen LogP contribution is -2.36. The third kappa shape index (κ3) is 3.68. The second kappa shape index (κ2) is 6.20. The molecule has 4 heteroatoms. The number of nitrogens with two attached hydrogens (primary N) is 1. The molecule has 0 saturated heterocycles. The first-order valence-electron chi connectivity index (χ1n) is 6.98. The maximum Gasteiger partial charge on any atom is 0.127 e. The maximum absolute atomic E-state index is 5.80. The lowest BCUT2D eigenvalue weighted by molar-refractivity contribution is 0.205. The van der Waals surface area contributed by atoms with Crippen LogP contribution < -0.4 is 5.73 Å². The fourth-order valence-corrected chi connectivity index (χ4v) is 2.37. The van der Waals surface area contributed by atoms with Crippen molar-refractivity contribution < 1.29 is 0 Å². The summed E-state index contributed by atoms with van der Waals surface area (Å²) in [4.78, 5) is 6.75. The largest absolute Gasteiger partial charge is 0.330 e. The van der Waals surface area contributed by atoms with Crippen LogP contribution in [-0.4, -0.2) is 34.6 Å². The SMILES string of the molecule is CN(Cc1nccn1-c1ccccc1)CC(C)(C)CN. The third-order valence-corrected chi connectivity index (χ3v) is 3.41. The lowest BCUT2D eigenvalue weighted by Gasteiger charge is -2.28. The molecule has 20 heavy (non-hydrogen) atoms. The molecule has 0 fully saturated rings. The van der Waals surface area contributed by atoms with Crippen molar-refractivity contribution in [2.45, 2.75) is 20.4 Å². The molecule has 0 aliphatic rings. The van der Waals surface area contributed by atoms with E-state index in [1.54, 1.807) is 0 Å². The highest BCUT2D eigenvalue weighted by atomic mass is 15.2. The van der Waals surface area contributed by atoms with Crippen molar-refractivity contribution in [1.29, 1.82) is 0 Å². The van der Waals surface area contributed by atoms with Gasteiger partial charge in [-0.05, 0) is 31.1 Å². The smallest absolute Gasteiger partial charge is 0.127 e. The van der Waals surface area contributed by atoms with E-state index < -0.39 is 0 Å². The Kier molecular flexibility index (Phi) is 4.57. The van der Waals surface area contributed by atoms with E-state index in [9.17, 15) is 0 Å². The second-order valence-corrected chi connectivity index (χ2v) is 6.09. The number of imidazole rings is 1. The van der Waals surface area contributed by atoms with Gasteiger partial charge in [-0.1, -0.05) is 32.0 Å². The van der Waals surface area contributed by atoms with Gasteiger partial charge >= 0.3 is 0 Å². The van der Waals surface area contributed by atoms with Gasteiger partial charge in [0.15, 0.2) is 0 Å². The van der Waals surface area contributed by atoms with Gasteiger partial charge in [-0.15, -0.1) is 0 Å². The van der Waals surface area contributed by atoms with Crippen LogP contribution in [0.15, 0.2) is 42.7 Å². The van der Waals surface area contributed by atoms with Crippen LogP contribution in [0.4, 0.5) is 0 Å². The molecule has 4 nitrogen and oxygen atoms in total. The van der Waals surface area contributed by atoms with E-state index in [0.717, 1.165) is 24.6 Å². The first-order chi connectivity index (χ1) is 9.52. The number of nitrogens with zero attached hydrogens (tertiary/aromatic N) is 3. The fourth-order valence-electron chi connectivity index (χ4n) is 2.37. The summed E-state index contributed by atoms with van der Waals surface area (Å²) in [6, 6.07) is 10.3. The predicted octanol–water partition coefficient (Wildman–Crippen LogP) is 2.29. The molecule has 0 spiro atoms. The Hall–Kier alpha value is -1.65. The molecule has 0 atom stereocenters. The van der Waals surface area contributed by atoms with Crippen molar-refractivity contribution in [2.24, 2.45) is 11.1 Å². The van der Waals surface area contributed by atoms with Crippen LogP contribution in [0.3, 0.4) is 0 Å². The van der Waals surface area contributed by atoms with E-state index in [-0.39, 0.29) is 5.41 Å². The third-order valence-electron chi connectivity index (χ3n) is 3.41. The average Bonchev–Trinajstić information content (AvgIpc) is 2.87. The van der Waals surface area contributed by atoms with Gasteiger partial charge in [0, 0.05) is 24.6 Å². The lowest BCUT2D eigenvalue weighted by atomic mass is 9.93. The first-order valence-corrected chi connectivity index (χ1v) is 6.98. The highest BCUT2D eigenvalue weighted by Crippen LogP contribution is 2.16. The molecule has 2 aromatic rings. The molecule has 0 aliphatic heterocycles. The van der Waals surface area contributed by atoms with Gasteiger partial charge in [0.05, 0.1) is 6.54 Å². The summed E-state index contributed by atoms with van der Waals surface area (Å²) in [6.45, 7) is 6.82. The van der Waals surface area contributed by atoms with E-state index in [2.05, 4.69) is 47.5 Å². The monoisotopic (exact) mass is 272 g/mol. The minimum Gasteiger partial charge on any atom is -0.330 e. The van der Waals surface area contributed by atoms with Crippen molar-refractivity contribution in [3.8, 4) is 5.69 Å². The molecule has 2 rings (SSSR count). The summed E-state index contributed by atoms with van der Waals surface area (Å²) in [7, 11) is 2.11. The van der Waals surface area contributed by atoms with Crippen molar-refractivity contribution >= 4 is 0 Å². The summed E-state index contributed by atoms with van der Waals surface area (Å²) in [5.74, 6) is 1.05. The number of hydrogen-bond donors (Lipinski definition) is 1. The van der Waals surface area contributed by atoms with Gasteiger partial charge in [-0.2, -0.15) is 0 Å². The Morgan fingerprint density at radius 1 is 1.25 bits per heavy atom. The van der Waals surface area contributed by atoms with Crippen LogP contribution in [0.25, 0.3) is 5.69 Å². The quantitative estimate of drug-likeness (QED) is 0.877. The number of para-hydroxylation sites is 1. The summed E-state index contributed by atoms with van der Waals surface area (Å²) in [5, 5.41) is 0. The number of rotatable bonds is 6. The van der Waals surface area contributed by atoms with Crippen molar-refractivity contribution in [1.82, 2.24) is 14.5 Å². The summed E-state index contributed by atoms with van der Waals surface area (Å²) >= 11 is 0. The Morgan fingerprint density at radius 3 is 2.60 bits per heavy atom. The standard InChI is InChI=1S/C16H24N4/c1-16(2,12-17)13-19(3)11-15-18-9-10-20(15)14-7-5-4-6-8-14/h4-10H,11-13,17H2,1-3H3. The molecule has 0 amide bonds. The van der Waals surface area contributed by atoms with Crippen LogP contribution in [0.2, 0.25) is 0 Å². The molecule has 1 aromatic carbocycles. The molecule has 1 aromatic heterocycles. The molecule has 0 radical (unpaired) electrons. The highest BCUT2D eigenvalue weighted by molar-refractivity contribution is 5.32. The number of benzene rings is 1. The zero-order valence-corrected chi connectivity index (χ0v) is 12.6. The van der Waals surface area contributed by atoms with Crippen LogP contribution in [0.5, 0.6) is 0 Å². The zero-order chi connectivity index (χ0) is 14.6. The molecule has 0 unspecified atom stereocenters. The van der Waals surface area contributed by atoms with Gasteiger partial charge in [0.25, 0.3) is 0 Å². The second-order valence-electron chi connectivity index (χ2n) is 6.09. The Balaban J connectivity index is 2.10. The first kappa shape index (κ1) is 14.8. The van der Waals surface area contributed by atoms with Crippen molar-refractivity contribution in [2.75, 3.05) is 20.1 Å². The Labute approximate surface area is 121 Å². The van der Waals surface area contributed by atoms with E-state index in [1.807, 2.05) is 30.6 Å². The van der Waals surface area contributed by atoms with Crippen LogP contribution in [0.1, 0.15) is 19.7 Å². The van der Waals surface area contributed by atoms with E-state index in [4.69, 9.17) is 5.73 Å². The molecular weight excluding hydrogens is 248 g/mol. The zero-order valence-electron chi connectivity index (χ0n) is 12.6. The van der Waals surface area contributed by atoms with Gasteiger partial charge < -0.3 is 10.3 Å².